The molecule has 0 aliphatic heterocycles. The van der Waals surface area contributed by atoms with Gasteiger partial charge < -0.3 is 15.2 Å². The van der Waals surface area contributed by atoms with Gasteiger partial charge in [0, 0.05) is 6.54 Å². The van der Waals surface area contributed by atoms with Crippen LogP contribution in [0.5, 0.6) is 0 Å². The molecule has 17 heavy (non-hydrogen) atoms. The van der Waals surface area contributed by atoms with Crippen molar-refractivity contribution in [2.24, 2.45) is 5.92 Å². The van der Waals surface area contributed by atoms with E-state index in [1.165, 1.54) is 0 Å². The van der Waals surface area contributed by atoms with Crippen LogP contribution >= 0.6 is 0 Å². The maximum absolute atomic E-state index is 12.4. The Morgan fingerprint density at radius 1 is 1.24 bits per heavy atom. The van der Waals surface area contributed by atoms with Crippen LogP contribution in [0.2, 0.25) is 0 Å². The van der Waals surface area contributed by atoms with Gasteiger partial charge in [0.05, 0.1) is 12.7 Å². The third-order valence-electron chi connectivity index (χ3n) is 1.86. The van der Waals surface area contributed by atoms with Gasteiger partial charge in [-0.05, 0) is 12.5 Å². The smallest absolute Gasteiger partial charge is 0.330 e. The van der Waals surface area contributed by atoms with Crippen LogP contribution in [-0.2, 0) is 4.74 Å². The van der Waals surface area contributed by atoms with E-state index in [-0.39, 0.29) is 6.54 Å². The predicted octanol–water partition coefficient (Wildman–Crippen LogP) is 1.51. The van der Waals surface area contributed by atoms with Crippen molar-refractivity contribution in [2.75, 3.05) is 26.3 Å². The van der Waals surface area contributed by atoms with Crippen molar-refractivity contribution in [3.05, 3.63) is 0 Å². The lowest BCUT2D eigenvalue weighted by atomic mass is 10.2. The molecule has 1 unspecified atom stereocenters. The molecule has 0 aromatic carbocycles. The molecule has 0 saturated carbocycles. The summed E-state index contributed by atoms with van der Waals surface area (Å²) in [6, 6.07) is 0. The summed E-state index contributed by atoms with van der Waals surface area (Å²) in [5.74, 6) is -3.77. The highest BCUT2D eigenvalue weighted by atomic mass is 19.3. The number of halogens is 4. The first kappa shape index (κ1) is 16.6. The van der Waals surface area contributed by atoms with Crippen LogP contribution in [0.15, 0.2) is 0 Å². The highest BCUT2D eigenvalue weighted by molar-refractivity contribution is 4.68. The zero-order chi connectivity index (χ0) is 13.5. The standard InChI is InChI=1S/C10H19F4NO2/c1-7(2)3-15-4-8(16)5-17-6-10(13,14)9(11)12/h7-9,15-16H,3-6H2,1-2H3. The van der Waals surface area contributed by atoms with Gasteiger partial charge in [0.2, 0.25) is 0 Å². The average molecular weight is 261 g/mol. The summed E-state index contributed by atoms with van der Waals surface area (Å²) < 4.78 is 52.6. The molecule has 0 radical (unpaired) electrons. The van der Waals surface area contributed by atoms with Crippen LogP contribution in [0.4, 0.5) is 17.6 Å². The molecular weight excluding hydrogens is 242 g/mol. The highest BCUT2D eigenvalue weighted by Crippen LogP contribution is 2.22. The van der Waals surface area contributed by atoms with E-state index in [2.05, 4.69) is 10.1 Å². The first-order valence-corrected chi connectivity index (χ1v) is 5.38. The molecule has 1 atom stereocenters. The molecule has 0 aliphatic rings. The van der Waals surface area contributed by atoms with Crippen molar-refractivity contribution < 1.29 is 27.4 Å². The third kappa shape index (κ3) is 8.34. The predicted molar refractivity (Wildman–Crippen MR) is 55.5 cm³/mol. The SMILES string of the molecule is CC(C)CNCC(O)COCC(F)(F)C(F)F. The Hall–Kier alpha value is -0.400. The van der Waals surface area contributed by atoms with Crippen molar-refractivity contribution in [1.29, 1.82) is 0 Å². The number of ether oxygens (including phenoxy) is 1. The number of aliphatic hydroxyl groups is 1. The number of nitrogens with one attached hydrogen (secondary N) is 1. The summed E-state index contributed by atoms with van der Waals surface area (Å²) in [7, 11) is 0. The second kappa shape index (κ2) is 7.84. The lowest BCUT2D eigenvalue weighted by molar-refractivity contribution is -0.170. The number of hydrogen-bond donors (Lipinski definition) is 2. The van der Waals surface area contributed by atoms with Gasteiger partial charge in [-0.1, -0.05) is 13.8 Å². The molecule has 0 heterocycles. The summed E-state index contributed by atoms with van der Waals surface area (Å²) in [6.07, 6.45) is -4.74. The van der Waals surface area contributed by atoms with E-state index in [0.717, 1.165) is 0 Å². The van der Waals surface area contributed by atoms with E-state index >= 15 is 0 Å². The first-order chi connectivity index (χ1) is 7.75. The molecule has 0 aliphatic carbocycles. The highest BCUT2D eigenvalue weighted by Gasteiger charge is 2.41. The Morgan fingerprint density at radius 3 is 2.29 bits per heavy atom. The summed E-state index contributed by atoms with van der Waals surface area (Å²) in [6.45, 7) is 3.01. The van der Waals surface area contributed by atoms with Crippen molar-refractivity contribution in [3.8, 4) is 0 Å². The van der Waals surface area contributed by atoms with Gasteiger partial charge in [-0.25, -0.2) is 8.78 Å². The molecule has 0 fully saturated rings. The Balaban J connectivity index is 3.61. The molecule has 104 valence electrons. The van der Waals surface area contributed by atoms with E-state index in [1.807, 2.05) is 13.8 Å². The summed E-state index contributed by atoms with van der Waals surface area (Å²) in [4.78, 5) is 0. The Labute approximate surface area is 98.1 Å². The average Bonchev–Trinajstić information content (AvgIpc) is 2.16. The van der Waals surface area contributed by atoms with Gasteiger partial charge in [0.1, 0.15) is 6.61 Å². The molecule has 0 amide bonds. The molecule has 0 aromatic rings. The maximum Gasteiger partial charge on any atom is 0.330 e. The minimum absolute atomic E-state index is 0.179. The van der Waals surface area contributed by atoms with Crippen LogP contribution < -0.4 is 5.32 Å². The van der Waals surface area contributed by atoms with Crippen molar-refractivity contribution in [2.45, 2.75) is 32.3 Å². The molecular formula is C10H19F4NO2. The van der Waals surface area contributed by atoms with Crippen LogP contribution in [-0.4, -0.2) is 49.9 Å². The largest absolute Gasteiger partial charge is 0.389 e. The maximum atomic E-state index is 12.4. The van der Waals surface area contributed by atoms with Gasteiger partial charge >= 0.3 is 12.3 Å². The fraction of sp³-hybridized carbons (Fsp3) is 1.00. The molecule has 7 heteroatoms. The van der Waals surface area contributed by atoms with Crippen LogP contribution in [0.1, 0.15) is 13.8 Å². The van der Waals surface area contributed by atoms with Gasteiger partial charge in [-0.15, -0.1) is 0 Å². The second-order valence-electron chi connectivity index (χ2n) is 4.28. The van der Waals surface area contributed by atoms with Gasteiger partial charge in [0.15, 0.2) is 0 Å². The number of alkyl halides is 4. The molecule has 0 rings (SSSR count). The fourth-order valence-electron chi connectivity index (χ4n) is 0.992. The van der Waals surface area contributed by atoms with Gasteiger partial charge in [-0.2, -0.15) is 8.78 Å². The minimum Gasteiger partial charge on any atom is -0.389 e. The molecule has 2 N–H and O–H groups in total. The summed E-state index contributed by atoms with van der Waals surface area (Å²) >= 11 is 0. The van der Waals surface area contributed by atoms with Gasteiger partial charge in [-0.3, -0.25) is 0 Å². The van der Waals surface area contributed by atoms with Crippen molar-refractivity contribution in [1.82, 2.24) is 5.32 Å². The topological polar surface area (TPSA) is 41.5 Å². The molecule has 0 aromatic heterocycles. The Bertz CT molecular complexity index is 203. The zero-order valence-corrected chi connectivity index (χ0v) is 9.93. The van der Waals surface area contributed by atoms with E-state index in [9.17, 15) is 22.7 Å². The lowest BCUT2D eigenvalue weighted by Crippen LogP contribution is -2.36. The van der Waals surface area contributed by atoms with Crippen LogP contribution in [0, 0.1) is 5.92 Å². The number of hydrogen-bond acceptors (Lipinski definition) is 3. The summed E-state index contributed by atoms with van der Waals surface area (Å²) in [5, 5.41) is 12.2. The normalized spacial score (nSPS) is 14.6. The summed E-state index contributed by atoms with van der Waals surface area (Å²) in [5.41, 5.74) is 0. The van der Waals surface area contributed by atoms with Gasteiger partial charge in [0.25, 0.3) is 0 Å². The zero-order valence-electron chi connectivity index (χ0n) is 9.93. The van der Waals surface area contributed by atoms with Crippen molar-refractivity contribution in [3.63, 3.8) is 0 Å². The quantitative estimate of drug-likeness (QED) is 0.618. The van der Waals surface area contributed by atoms with Crippen LogP contribution in [0.25, 0.3) is 0 Å². The third-order valence-corrected chi connectivity index (χ3v) is 1.86. The lowest BCUT2D eigenvalue weighted by Gasteiger charge is -2.17. The van der Waals surface area contributed by atoms with E-state index in [1.54, 1.807) is 0 Å². The van der Waals surface area contributed by atoms with E-state index in [0.29, 0.717) is 12.5 Å². The monoisotopic (exact) mass is 261 g/mol. The second-order valence-corrected chi connectivity index (χ2v) is 4.28. The molecule has 0 saturated heterocycles. The number of rotatable bonds is 9. The minimum atomic E-state index is -4.16. The van der Waals surface area contributed by atoms with E-state index < -0.39 is 31.7 Å². The number of aliphatic hydroxyl groups excluding tert-OH is 1. The Kier molecular flexibility index (Phi) is 7.65. The fourth-order valence-corrected chi connectivity index (χ4v) is 0.992. The van der Waals surface area contributed by atoms with Crippen LogP contribution in [0.3, 0.4) is 0 Å². The Morgan fingerprint density at radius 2 is 1.82 bits per heavy atom. The first-order valence-electron chi connectivity index (χ1n) is 5.38. The molecule has 0 bridgehead atoms. The van der Waals surface area contributed by atoms with E-state index in [4.69, 9.17) is 0 Å². The van der Waals surface area contributed by atoms with Crippen molar-refractivity contribution >= 4 is 0 Å². The molecule has 3 nitrogen and oxygen atoms in total. The molecule has 0 spiro atoms.